The van der Waals surface area contributed by atoms with E-state index in [4.69, 9.17) is 9.47 Å². The van der Waals surface area contributed by atoms with Crippen LogP contribution in [0.25, 0.3) is 22.3 Å². The monoisotopic (exact) mass is 1020 g/mol. The Bertz CT molecular complexity index is 2980. The minimum absolute atomic E-state index is 0.0141. The number of Topliss-reactive ketones (excluding diaryl/α,β-unsaturated/α-hetero) is 1. The number of esters is 1. The number of hydrogen-bond acceptors (Lipinski definition) is 16. The molecule has 2 atom stereocenters. The van der Waals surface area contributed by atoms with Gasteiger partial charge in [-0.2, -0.15) is 0 Å². The number of carbonyl (C=O) groups excluding carboxylic acids is 7. The van der Waals surface area contributed by atoms with Crippen molar-refractivity contribution < 1.29 is 51.8 Å². The van der Waals surface area contributed by atoms with Crippen LogP contribution in [0.1, 0.15) is 110 Å². The fourth-order valence-electron chi connectivity index (χ4n) is 9.56. The number of halogens is 2. The highest BCUT2D eigenvalue weighted by Crippen LogP contribution is 2.36. The predicted molar refractivity (Wildman–Crippen MR) is 266 cm³/mol. The van der Waals surface area contributed by atoms with Crippen molar-refractivity contribution in [3.05, 3.63) is 89.0 Å². The number of imide groups is 2. The van der Waals surface area contributed by atoms with Crippen molar-refractivity contribution in [3.63, 3.8) is 0 Å². The molecular formula is C52H59F2N11O9. The number of imidazole rings is 1. The number of ether oxygens (including phenoxy) is 2. The first kappa shape index (κ1) is 52.7. The van der Waals surface area contributed by atoms with E-state index in [0.29, 0.717) is 54.3 Å². The molecule has 74 heavy (non-hydrogen) atoms. The maximum absolute atomic E-state index is 15.3. The van der Waals surface area contributed by atoms with E-state index in [1.807, 2.05) is 23.3 Å². The highest BCUT2D eigenvalue weighted by molar-refractivity contribution is 6.25. The van der Waals surface area contributed by atoms with Crippen molar-refractivity contribution in [2.45, 2.75) is 91.3 Å². The largest absolute Gasteiger partial charge is 0.457 e. The van der Waals surface area contributed by atoms with Crippen molar-refractivity contribution in [2.24, 2.45) is 11.8 Å². The standard InChI is InChI=1S/C52H59F2N11O9/c1-28(2)40(66)11-14-44(69)74-48(32-9-12-41(57-25-32)60-52-58-26-36(54)46(62-52)33-23-35(53)47-39(24-33)64(29(3)4)30(5)59-47)31-15-19-63(20-16-31)27-43(68)56-18-22-73-21-17-55-37-8-6-7-34-45(37)51(72)65(50(34)71)38-10-13-42(67)61-49(38)70/h6-9,12,23-26,28-29,31,38,48,55H,10-11,13-22,27H2,1-5H3,(H,56,68)(H,61,67,70)(H,57,58,60,62)/t38?,48-/m1/s1. The molecule has 0 aliphatic carbocycles. The molecule has 0 saturated carbocycles. The van der Waals surface area contributed by atoms with Gasteiger partial charge in [0, 0.05) is 66.8 Å². The van der Waals surface area contributed by atoms with E-state index in [0.717, 1.165) is 11.1 Å². The van der Waals surface area contributed by atoms with Crippen LogP contribution >= 0.6 is 0 Å². The molecule has 2 aromatic carbocycles. The molecule has 0 spiro atoms. The molecule has 390 valence electrons. The van der Waals surface area contributed by atoms with Gasteiger partial charge in [-0.05, 0) is 83.5 Å². The maximum Gasteiger partial charge on any atom is 0.306 e. The van der Waals surface area contributed by atoms with Gasteiger partial charge in [-0.25, -0.2) is 28.7 Å². The Morgan fingerprint density at radius 2 is 1.65 bits per heavy atom. The maximum atomic E-state index is 15.3. The average molecular weight is 1020 g/mol. The Labute approximate surface area is 425 Å². The second-order valence-corrected chi connectivity index (χ2v) is 19.1. The summed E-state index contributed by atoms with van der Waals surface area (Å²) in [5, 5.41) is 11.2. The molecule has 3 aromatic heterocycles. The highest BCUT2D eigenvalue weighted by Gasteiger charge is 2.45. The molecule has 2 fully saturated rings. The Morgan fingerprint density at radius 1 is 0.878 bits per heavy atom. The summed E-state index contributed by atoms with van der Waals surface area (Å²) in [6.45, 7) is 11.4. The van der Waals surface area contributed by atoms with E-state index in [2.05, 4.69) is 41.2 Å². The fourth-order valence-corrected chi connectivity index (χ4v) is 9.56. The lowest BCUT2D eigenvalue weighted by molar-refractivity contribution is -0.154. The van der Waals surface area contributed by atoms with Gasteiger partial charge in [-0.15, -0.1) is 0 Å². The number of piperidine rings is 2. The number of nitrogens with zero attached hydrogens (tertiary/aromatic N) is 7. The molecule has 3 aliphatic heterocycles. The van der Waals surface area contributed by atoms with Crippen LogP contribution < -0.4 is 21.3 Å². The van der Waals surface area contributed by atoms with Gasteiger partial charge in [0.1, 0.15) is 40.8 Å². The van der Waals surface area contributed by atoms with E-state index in [1.165, 1.54) is 12.1 Å². The minimum atomic E-state index is -1.07. The molecule has 20 nitrogen and oxygen atoms in total. The molecule has 6 heterocycles. The van der Waals surface area contributed by atoms with E-state index in [9.17, 15) is 33.6 Å². The van der Waals surface area contributed by atoms with Gasteiger partial charge in [0.15, 0.2) is 11.6 Å². The van der Waals surface area contributed by atoms with Gasteiger partial charge in [0.25, 0.3) is 11.8 Å². The van der Waals surface area contributed by atoms with Gasteiger partial charge in [-0.1, -0.05) is 26.0 Å². The SMILES string of the molecule is Cc1nc2c(F)cc(-c3nc(Nc4ccc([C@H](OC(=O)CCC(=O)C(C)C)C5CCN(CC(=O)NCCOCCNc6cccc7c6C(=O)N(C6CCC(=O)NC6=O)C7=O)CC5)cn4)ncc3F)cc2n1C(C)C. The number of pyridine rings is 1. The average Bonchev–Trinajstić information content (AvgIpc) is 3.85. The first-order valence-electron chi connectivity index (χ1n) is 24.8. The summed E-state index contributed by atoms with van der Waals surface area (Å²) in [5.41, 5.74) is 2.12. The number of benzene rings is 2. The fraction of sp³-hybridized carbons (Fsp3) is 0.442. The Morgan fingerprint density at radius 3 is 2.36 bits per heavy atom. The van der Waals surface area contributed by atoms with Gasteiger partial charge < -0.3 is 30.0 Å². The number of aromatic nitrogens is 5. The third kappa shape index (κ3) is 11.9. The second kappa shape index (κ2) is 23.1. The summed E-state index contributed by atoms with van der Waals surface area (Å²) in [5.74, 6) is -3.88. The molecule has 8 rings (SSSR count). The highest BCUT2D eigenvalue weighted by atomic mass is 19.1. The number of anilines is 3. The summed E-state index contributed by atoms with van der Waals surface area (Å²) in [4.78, 5) is 109. The van der Waals surface area contributed by atoms with Crippen LogP contribution in [0.3, 0.4) is 0 Å². The number of aryl methyl sites for hydroxylation is 1. The third-order valence-electron chi connectivity index (χ3n) is 13.3. The molecule has 0 radical (unpaired) electrons. The smallest absolute Gasteiger partial charge is 0.306 e. The van der Waals surface area contributed by atoms with Crippen molar-refractivity contribution >= 4 is 69.8 Å². The van der Waals surface area contributed by atoms with Crippen LogP contribution in [0.4, 0.5) is 26.2 Å². The van der Waals surface area contributed by atoms with Gasteiger partial charge in [0.2, 0.25) is 23.7 Å². The zero-order valence-corrected chi connectivity index (χ0v) is 41.8. The molecule has 4 N–H and O–H groups in total. The molecule has 5 amide bonds. The van der Waals surface area contributed by atoms with Crippen LogP contribution in [0, 0.1) is 30.4 Å². The first-order valence-corrected chi connectivity index (χ1v) is 24.8. The number of likely N-dealkylation sites (tertiary alicyclic amines) is 1. The number of amides is 5. The Balaban J connectivity index is 0.820. The van der Waals surface area contributed by atoms with Crippen molar-refractivity contribution in [1.82, 2.24) is 44.9 Å². The van der Waals surface area contributed by atoms with Crippen LogP contribution in [0.15, 0.2) is 54.9 Å². The van der Waals surface area contributed by atoms with Gasteiger partial charge >= 0.3 is 5.97 Å². The van der Waals surface area contributed by atoms with Crippen molar-refractivity contribution in [2.75, 3.05) is 56.6 Å². The summed E-state index contributed by atoms with van der Waals surface area (Å²) in [6.07, 6.45) is 3.08. The molecule has 2 saturated heterocycles. The zero-order chi connectivity index (χ0) is 52.8. The number of hydrogen-bond donors (Lipinski definition) is 4. The Kier molecular flexibility index (Phi) is 16.5. The molecule has 5 aromatic rings. The Hall–Kier alpha value is -7.59. The first-order chi connectivity index (χ1) is 35.5. The van der Waals surface area contributed by atoms with Crippen LogP contribution in [0.2, 0.25) is 0 Å². The van der Waals surface area contributed by atoms with E-state index in [1.54, 1.807) is 57.3 Å². The number of rotatable bonds is 21. The molecule has 1 unspecified atom stereocenters. The number of nitrogens with one attached hydrogen (secondary N) is 4. The molecular weight excluding hydrogens is 961 g/mol. The number of ketones is 1. The van der Waals surface area contributed by atoms with E-state index < -0.39 is 53.4 Å². The summed E-state index contributed by atoms with van der Waals surface area (Å²) >= 11 is 0. The lowest BCUT2D eigenvalue weighted by Gasteiger charge is -2.35. The summed E-state index contributed by atoms with van der Waals surface area (Å²) < 4.78 is 44.2. The van der Waals surface area contributed by atoms with E-state index in [-0.39, 0.29) is 122 Å². The van der Waals surface area contributed by atoms with Gasteiger partial charge in [0.05, 0.1) is 49.0 Å². The van der Waals surface area contributed by atoms with Crippen LogP contribution in [-0.2, 0) is 33.4 Å². The van der Waals surface area contributed by atoms with E-state index >= 15 is 8.78 Å². The number of carbonyl (C=O) groups is 7. The topological polar surface area (TPSA) is 249 Å². The molecule has 3 aliphatic rings. The van der Waals surface area contributed by atoms with Crippen LogP contribution in [0.5, 0.6) is 0 Å². The molecule has 0 bridgehead atoms. The summed E-state index contributed by atoms with van der Waals surface area (Å²) in [6, 6.07) is 9.97. The van der Waals surface area contributed by atoms with Crippen molar-refractivity contribution in [3.8, 4) is 11.3 Å². The quantitative estimate of drug-likeness (QED) is 0.0388. The number of fused-ring (bicyclic) bond motifs is 2. The zero-order valence-electron chi connectivity index (χ0n) is 41.8. The lowest BCUT2D eigenvalue weighted by Crippen LogP contribution is -2.54. The molecule has 22 heteroatoms. The van der Waals surface area contributed by atoms with Crippen LogP contribution in [-0.4, -0.2) is 128 Å². The normalized spacial score (nSPS) is 16.7. The predicted octanol–water partition coefficient (Wildman–Crippen LogP) is 5.75. The van der Waals surface area contributed by atoms with Crippen molar-refractivity contribution in [1.29, 1.82) is 0 Å². The lowest BCUT2D eigenvalue weighted by atomic mass is 9.87. The third-order valence-corrected chi connectivity index (χ3v) is 13.3. The summed E-state index contributed by atoms with van der Waals surface area (Å²) in [7, 11) is 0. The second-order valence-electron chi connectivity index (χ2n) is 19.1. The minimum Gasteiger partial charge on any atom is -0.457 e. The van der Waals surface area contributed by atoms with Gasteiger partial charge in [-0.3, -0.25) is 48.7 Å².